The van der Waals surface area contributed by atoms with Crippen LogP contribution in [0.5, 0.6) is 0 Å². The molecule has 0 spiro atoms. The van der Waals surface area contributed by atoms with Crippen molar-refractivity contribution in [2.45, 2.75) is 31.4 Å². The third kappa shape index (κ3) is 2.70. The first-order valence-corrected chi connectivity index (χ1v) is 8.24. The van der Waals surface area contributed by atoms with E-state index < -0.39 is 6.10 Å². The van der Waals surface area contributed by atoms with Gasteiger partial charge in [0, 0.05) is 18.7 Å². The molecule has 122 valence electrons. The summed E-state index contributed by atoms with van der Waals surface area (Å²) in [7, 11) is 0. The third-order valence-electron chi connectivity index (χ3n) is 4.97. The van der Waals surface area contributed by atoms with Crippen molar-refractivity contribution in [1.82, 2.24) is 25.2 Å². The number of nitrogens with one attached hydrogen (secondary N) is 1. The Bertz CT molecular complexity index is 709. The number of β-amino-alcohol motifs (C(OH)–C–C–N with tert-alkyl or cyclic N) is 1. The van der Waals surface area contributed by atoms with Gasteiger partial charge in [-0.2, -0.15) is 15.4 Å². The second kappa shape index (κ2) is 5.90. The first kappa shape index (κ1) is 14.6. The van der Waals surface area contributed by atoms with Gasteiger partial charge >= 0.3 is 0 Å². The Balaban J connectivity index is 1.50. The molecular formula is C16H21N5O2. The average molecular weight is 315 g/mol. The lowest BCUT2D eigenvalue weighted by molar-refractivity contribution is 0.0703. The minimum Gasteiger partial charge on any atom is -0.390 e. The molecule has 2 aliphatic rings. The number of benzene rings is 1. The fourth-order valence-electron chi connectivity index (χ4n) is 3.70. The van der Waals surface area contributed by atoms with Crippen LogP contribution in [-0.2, 0) is 0 Å². The molecule has 2 unspecified atom stereocenters. The summed E-state index contributed by atoms with van der Waals surface area (Å²) < 4.78 is 0. The Morgan fingerprint density at radius 1 is 1.13 bits per heavy atom. The predicted molar refractivity (Wildman–Crippen MR) is 85.0 cm³/mol. The molecule has 23 heavy (non-hydrogen) atoms. The average Bonchev–Trinajstić information content (AvgIpc) is 3.20. The summed E-state index contributed by atoms with van der Waals surface area (Å²) in [6, 6.07) is 5.38. The van der Waals surface area contributed by atoms with Gasteiger partial charge in [0.05, 0.1) is 12.1 Å². The minimum absolute atomic E-state index is 0.0477. The van der Waals surface area contributed by atoms with Crippen molar-refractivity contribution in [2.24, 2.45) is 0 Å². The molecule has 2 atom stereocenters. The van der Waals surface area contributed by atoms with Crippen LogP contribution < -0.4 is 0 Å². The van der Waals surface area contributed by atoms with Crippen molar-refractivity contribution in [1.29, 1.82) is 0 Å². The Labute approximate surface area is 134 Å². The van der Waals surface area contributed by atoms with Crippen LogP contribution in [0.15, 0.2) is 18.2 Å². The Morgan fingerprint density at radius 3 is 2.74 bits per heavy atom. The van der Waals surface area contributed by atoms with Gasteiger partial charge < -0.3 is 10.0 Å². The monoisotopic (exact) mass is 315 g/mol. The molecule has 2 aliphatic heterocycles. The van der Waals surface area contributed by atoms with Crippen molar-refractivity contribution in [2.75, 3.05) is 26.2 Å². The molecule has 2 N–H and O–H groups in total. The molecular weight excluding hydrogens is 294 g/mol. The predicted octanol–water partition coefficient (Wildman–Crippen LogP) is 0.629. The Hall–Kier alpha value is -1.99. The number of fused-ring (bicyclic) bond motifs is 1. The van der Waals surface area contributed by atoms with E-state index in [4.69, 9.17) is 0 Å². The standard InChI is InChI=1S/C16H21N5O2/c22-15-10-21(9-14(15)20-6-2-1-3-7-20)16(23)11-4-5-12-13(8-11)18-19-17-12/h4-5,8,14-15,22H,1-3,6-7,9-10H2,(H,17,18,19). The topological polar surface area (TPSA) is 85.3 Å². The van der Waals surface area contributed by atoms with Crippen molar-refractivity contribution < 1.29 is 9.90 Å². The van der Waals surface area contributed by atoms with E-state index in [2.05, 4.69) is 20.3 Å². The number of H-pyrrole nitrogens is 1. The number of aromatic nitrogens is 3. The van der Waals surface area contributed by atoms with Crippen LogP contribution in [0.2, 0.25) is 0 Å². The number of aromatic amines is 1. The van der Waals surface area contributed by atoms with E-state index in [1.807, 2.05) is 0 Å². The second-order valence-corrected chi connectivity index (χ2v) is 6.47. The van der Waals surface area contributed by atoms with Crippen LogP contribution in [-0.4, -0.2) is 74.5 Å². The van der Waals surface area contributed by atoms with Crippen molar-refractivity contribution in [3.05, 3.63) is 23.8 Å². The molecule has 0 bridgehead atoms. The Kier molecular flexibility index (Phi) is 3.74. The van der Waals surface area contributed by atoms with Crippen molar-refractivity contribution in [3.63, 3.8) is 0 Å². The molecule has 0 aliphatic carbocycles. The molecule has 1 amide bonds. The van der Waals surface area contributed by atoms with Crippen LogP contribution in [0.25, 0.3) is 11.0 Å². The molecule has 4 rings (SSSR count). The zero-order valence-electron chi connectivity index (χ0n) is 13.0. The van der Waals surface area contributed by atoms with Crippen LogP contribution in [0.4, 0.5) is 0 Å². The van der Waals surface area contributed by atoms with Crippen molar-refractivity contribution >= 4 is 16.9 Å². The number of carbonyl (C=O) groups is 1. The quantitative estimate of drug-likeness (QED) is 0.849. The molecule has 0 radical (unpaired) electrons. The van der Waals surface area contributed by atoms with Gasteiger partial charge in [-0.1, -0.05) is 6.42 Å². The maximum atomic E-state index is 12.7. The highest BCUT2D eigenvalue weighted by molar-refractivity contribution is 5.97. The van der Waals surface area contributed by atoms with Crippen molar-refractivity contribution in [3.8, 4) is 0 Å². The molecule has 7 nitrogen and oxygen atoms in total. The number of carbonyl (C=O) groups excluding carboxylic acids is 1. The fourth-order valence-corrected chi connectivity index (χ4v) is 3.70. The molecule has 2 aromatic rings. The number of hydrogen-bond donors (Lipinski definition) is 2. The first-order valence-electron chi connectivity index (χ1n) is 8.24. The highest BCUT2D eigenvalue weighted by Crippen LogP contribution is 2.23. The third-order valence-corrected chi connectivity index (χ3v) is 4.97. The molecule has 1 aromatic heterocycles. The fraction of sp³-hybridized carbons (Fsp3) is 0.562. The van der Waals surface area contributed by atoms with Gasteiger partial charge in [0.2, 0.25) is 0 Å². The first-order chi connectivity index (χ1) is 11.2. The lowest BCUT2D eigenvalue weighted by Crippen LogP contribution is -2.46. The number of likely N-dealkylation sites (tertiary alicyclic amines) is 2. The zero-order chi connectivity index (χ0) is 15.8. The lowest BCUT2D eigenvalue weighted by Gasteiger charge is -2.33. The highest BCUT2D eigenvalue weighted by atomic mass is 16.3. The van der Waals surface area contributed by atoms with Gasteiger partial charge in [-0.15, -0.1) is 0 Å². The number of piperidine rings is 1. The molecule has 2 saturated heterocycles. The van der Waals surface area contributed by atoms with E-state index in [1.54, 1.807) is 23.1 Å². The number of rotatable bonds is 2. The molecule has 2 fully saturated rings. The molecule has 7 heteroatoms. The molecule has 0 saturated carbocycles. The molecule has 3 heterocycles. The number of aliphatic hydroxyl groups excluding tert-OH is 1. The van der Waals surface area contributed by atoms with Gasteiger partial charge in [-0.05, 0) is 44.1 Å². The molecule has 1 aromatic carbocycles. The van der Waals surface area contributed by atoms with E-state index in [0.29, 0.717) is 24.2 Å². The summed E-state index contributed by atoms with van der Waals surface area (Å²) in [5.74, 6) is -0.0477. The summed E-state index contributed by atoms with van der Waals surface area (Å²) in [6.07, 6.45) is 3.16. The number of aliphatic hydroxyl groups is 1. The van der Waals surface area contributed by atoms with E-state index >= 15 is 0 Å². The van der Waals surface area contributed by atoms with Crippen LogP contribution in [0.3, 0.4) is 0 Å². The second-order valence-electron chi connectivity index (χ2n) is 6.47. The maximum absolute atomic E-state index is 12.7. The van der Waals surface area contributed by atoms with E-state index in [-0.39, 0.29) is 11.9 Å². The van der Waals surface area contributed by atoms with Gasteiger partial charge in [-0.3, -0.25) is 9.69 Å². The number of nitrogens with zero attached hydrogens (tertiary/aromatic N) is 4. The van der Waals surface area contributed by atoms with E-state index in [0.717, 1.165) is 18.6 Å². The van der Waals surface area contributed by atoms with E-state index in [9.17, 15) is 9.90 Å². The maximum Gasteiger partial charge on any atom is 0.254 e. The smallest absolute Gasteiger partial charge is 0.254 e. The number of amides is 1. The van der Waals surface area contributed by atoms with Crippen LogP contribution in [0.1, 0.15) is 29.6 Å². The van der Waals surface area contributed by atoms with Crippen LogP contribution in [0, 0.1) is 0 Å². The summed E-state index contributed by atoms with van der Waals surface area (Å²) in [5, 5.41) is 21.0. The Morgan fingerprint density at radius 2 is 1.91 bits per heavy atom. The summed E-state index contributed by atoms with van der Waals surface area (Å²) in [4.78, 5) is 16.8. The summed E-state index contributed by atoms with van der Waals surface area (Å²) in [6.45, 7) is 3.04. The van der Waals surface area contributed by atoms with Crippen LogP contribution >= 0.6 is 0 Å². The largest absolute Gasteiger partial charge is 0.390 e. The summed E-state index contributed by atoms with van der Waals surface area (Å²) >= 11 is 0. The normalized spacial score (nSPS) is 26.0. The minimum atomic E-state index is -0.465. The van der Waals surface area contributed by atoms with Gasteiger partial charge in [0.25, 0.3) is 5.91 Å². The zero-order valence-corrected chi connectivity index (χ0v) is 13.0. The summed E-state index contributed by atoms with van der Waals surface area (Å²) in [5.41, 5.74) is 2.02. The van der Waals surface area contributed by atoms with Gasteiger partial charge in [0.1, 0.15) is 11.0 Å². The van der Waals surface area contributed by atoms with Gasteiger partial charge in [-0.25, -0.2) is 0 Å². The van der Waals surface area contributed by atoms with E-state index in [1.165, 1.54) is 19.3 Å². The highest BCUT2D eigenvalue weighted by Gasteiger charge is 2.38. The lowest BCUT2D eigenvalue weighted by atomic mass is 10.1. The SMILES string of the molecule is O=C(c1ccc2n[nH]nc2c1)N1CC(O)C(N2CCCCC2)C1. The van der Waals surface area contributed by atoms with Gasteiger partial charge in [0.15, 0.2) is 0 Å². The number of hydrogen-bond acceptors (Lipinski definition) is 5.